The van der Waals surface area contributed by atoms with E-state index >= 15 is 0 Å². The first-order valence-electron chi connectivity index (χ1n) is 5.69. The SMILES string of the molecule is COc1ccc(OC(F)F)c(NCc2ccc(I)o2)c1. The molecule has 0 aliphatic carbocycles. The van der Waals surface area contributed by atoms with Gasteiger partial charge in [-0.3, -0.25) is 0 Å². The third kappa shape index (κ3) is 3.99. The number of hydrogen-bond donors (Lipinski definition) is 1. The predicted molar refractivity (Wildman–Crippen MR) is 78.4 cm³/mol. The van der Waals surface area contributed by atoms with Gasteiger partial charge in [-0.1, -0.05) is 0 Å². The molecule has 1 heterocycles. The van der Waals surface area contributed by atoms with Crippen molar-refractivity contribution in [2.75, 3.05) is 12.4 Å². The van der Waals surface area contributed by atoms with Crippen molar-refractivity contribution in [1.82, 2.24) is 0 Å². The number of halogens is 3. The van der Waals surface area contributed by atoms with Crippen molar-refractivity contribution in [3.05, 3.63) is 39.9 Å². The number of benzene rings is 1. The van der Waals surface area contributed by atoms with Crippen LogP contribution in [0, 0.1) is 3.77 Å². The van der Waals surface area contributed by atoms with E-state index in [-0.39, 0.29) is 5.75 Å². The Morgan fingerprint density at radius 2 is 2.10 bits per heavy atom. The van der Waals surface area contributed by atoms with Crippen molar-refractivity contribution in [2.45, 2.75) is 13.2 Å². The van der Waals surface area contributed by atoms with Gasteiger partial charge >= 0.3 is 6.61 Å². The second kappa shape index (κ2) is 6.78. The van der Waals surface area contributed by atoms with Gasteiger partial charge in [0, 0.05) is 6.07 Å². The Labute approximate surface area is 128 Å². The zero-order valence-corrected chi connectivity index (χ0v) is 12.7. The van der Waals surface area contributed by atoms with Gasteiger partial charge in [0.1, 0.15) is 17.3 Å². The van der Waals surface area contributed by atoms with Crippen LogP contribution >= 0.6 is 22.6 Å². The molecule has 7 heteroatoms. The molecule has 0 aliphatic heterocycles. The first kappa shape index (κ1) is 14.9. The molecule has 20 heavy (non-hydrogen) atoms. The molecule has 2 aromatic rings. The van der Waals surface area contributed by atoms with Gasteiger partial charge in [-0.15, -0.1) is 0 Å². The average Bonchev–Trinajstić information content (AvgIpc) is 2.83. The highest BCUT2D eigenvalue weighted by Crippen LogP contribution is 2.31. The van der Waals surface area contributed by atoms with E-state index in [0.29, 0.717) is 23.7 Å². The number of hydrogen-bond acceptors (Lipinski definition) is 4. The van der Waals surface area contributed by atoms with Crippen LogP contribution in [0.25, 0.3) is 0 Å². The Bertz CT molecular complexity index is 574. The Hall–Kier alpha value is -1.51. The van der Waals surface area contributed by atoms with Gasteiger partial charge in [0.05, 0.1) is 19.3 Å². The summed E-state index contributed by atoms with van der Waals surface area (Å²) in [6.07, 6.45) is 0. The molecule has 0 spiro atoms. The first-order chi connectivity index (χ1) is 9.58. The molecule has 0 atom stereocenters. The van der Waals surface area contributed by atoms with E-state index in [0.717, 1.165) is 3.77 Å². The molecule has 1 aromatic heterocycles. The number of nitrogens with one attached hydrogen (secondary N) is 1. The summed E-state index contributed by atoms with van der Waals surface area (Å²) in [6.45, 7) is -2.52. The van der Waals surface area contributed by atoms with Crippen LogP contribution in [0.5, 0.6) is 11.5 Å². The minimum absolute atomic E-state index is 0.0575. The molecule has 108 valence electrons. The fraction of sp³-hybridized carbons (Fsp3) is 0.231. The monoisotopic (exact) mass is 395 g/mol. The number of alkyl halides is 2. The van der Waals surface area contributed by atoms with Crippen LogP contribution in [0.4, 0.5) is 14.5 Å². The second-order valence-electron chi connectivity index (χ2n) is 3.80. The summed E-state index contributed by atoms with van der Waals surface area (Å²) in [6, 6.07) is 8.20. The molecule has 1 N–H and O–H groups in total. The van der Waals surface area contributed by atoms with Gasteiger partial charge in [0.25, 0.3) is 0 Å². The molecular formula is C13H12F2INO3. The molecule has 0 bridgehead atoms. The molecular weight excluding hydrogens is 383 g/mol. The van der Waals surface area contributed by atoms with Crippen molar-refractivity contribution in [3.8, 4) is 11.5 Å². The van der Waals surface area contributed by atoms with Crippen LogP contribution in [0.2, 0.25) is 0 Å². The maximum Gasteiger partial charge on any atom is 0.387 e. The van der Waals surface area contributed by atoms with Gasteiger partial charge in [-0.25, -0.2) is 0 Å². The maximum absolute atomic E-state index is 12.3. The molecule has 0 aliphatic rings. The van der Waals surface area contributed by atoms with Gasteiger partial charge in [0.2, 0.25) is 0 Å². The summed E-state index contributed by atoms with van der Waals surface area (Å²) in [5.74, 6) is 1.30. The summed E-state index contributed by atoms with van der Waals surface area (Å²) < 4.78 is 40.4. The van der Waals surface area contributed by atoms with Crippen LogP contribution in [-0.2, 0) is 6.54 Å². The zero-order valence-electron chi connectivity index (χ0n) is 10.5. The highest BCUT2D eigenvalue weighted by molar-refractivity contribution is 14.1. The Kier molecular flexibility index (Phi) is 5.05. The van der Waals surface area contributed by atoms with Crippen LogP contribution < -0.4 is 14.8 Å². The maximum atomic E-state index is 12.3. The summed E-state index contributed by atoms with van der Waals surface area (Å²) in [5, 5.41) is 2.99. The largest absolute Gasteiger partial charge is 0.497 e. The zero-order chi connectivity index (χ0) is 14.5. The molecule has 2 rings (SSSR count). The van der Waals surface area contributed by atoms with E-state index in [1.54, 1.807) is 12.1 Å². The molecule has 0 amide bonds. The molecule has 0 saturated carbocycles. The number of rotatable bonds is 6. The van der Waals surface area contributed by atoms with Crippen molar-refractivity contribution in [1.29, 1.82) is 0 Å². The summed E-state index contributed by atoms with van der Waals surface area (Å²) >= 11 is 2.05. The highest BCUT2D eigenvalue weighted by atomic mass is 127. The topological polar surface area (TPSA) is 43.6 Å². The Morgan fingerprint density at radius 3 is 2.70 bits per heavy atom. The van der Waals surface area contributed by atoms with Crippen molar-refractivity contribution in [3.63, 3.8) is 0 Å². The Balaban J connectivity index is 2.14. The number of ether oxygens (including phenoxy) is 2. The normalized spacial score (nSPS) is 10.7. The van der Waals surface area contributed by atoms with Crippen molar-refractivity contribution >= 4 is 28.3 Å². The second-order valence-corrected chi connectivity index (χ2v) is 4.86. The van der Waals surface area contributed by atoms with E-state index in [1.165, 1.54) is 13.2 Å². The Morgan fingerprint density at radius 1 is 1.30 bits per heavy atom. The van der Waals surface area contributed by atoms with E-state index in [1.807, 2.05) is 12.1 Å². The van der Waals surface area contributed by atoms with E-state index < -0.39 is 6.61 Å². The molecule has 0 unspecified atom stereocenters. The fourth-order valence-electron chi connectivity index (χ4n) is 1.60. The van der Waals surface area contributed by atoms with E-state index in [2.05, 4.69) is 32.6 Å². The lowest BCUT2D eigenvalue weighted by molar-refractivity contribution is -0.0494. The molecule has 4 nitrogen and oxygen atoms in total. The van der Waals surface area contributed by atoms with E-state index in [4.69, 9.17) is 9.15 Å². The van der Waals surface area contributed by atoms with Crippen LogP contribution in [0.1, 0.15) is 5.76 Å². The molecule has 1 aromatic carbocycles. The minimum atomic E-state index is -2.88. The lowest BCUT2D eigenvalue weighted by atomic mass is 10.2. The number of methoxy groups -OCH3 is 1. The quantitative estimate of drug-likeness (QED) is 0.748. The molecule has 0 fully saturated rings. The average molecular weight is 395 g/mol. The highest BCUT2D eigenvalue weighted by Gasteiger charge is 2.11. The first-order valence-corrected chi connectivity index (χ1v) is 6.77. The summed E-state index contributed by atoms with van der Waals surface area (Å²) in [5.41, 5.74) is 0.413. The summed E-state index contributed by atoms with van der Waals surface area (Å²) in [4.78, 5) is 0. The fourth-order valence-corrected chi connectivity index (χ4v) is 2.06. The number of furan rings is 1. The van der Waals surface area contributed by atoms with Gasteiger partial charge in [0.15, 0.2) is 3.77 Å². The third-order valence-corrected chi connectivity index (χ3v) is 3.06. The van der Waals surface area contributed by atoms with Crippen molar-refractivity contribution < 1.29 is 22.7 Å². The lowest BCUT2D eigenvalue weighted by Gasteiger charge is -2.13. The van der Waals surface area contributed by atoms with Gasteiger partial charge < -0.3 is 19.2 Å². The number of anilines is 1. The predicted octanol–water partition coefficient (Wildman–Crippen LogP) is 4.11. The van der Waals surface area contributed by atoms with Crippen molar-refractivity contribution in [2.24, 2.45) is 0 Å². The van der Waals surface area contributed by atoms with Crippen LogP contribution in [0.3, 0.4) is 0 Å². The third-order valence-electron chi connectivity index (χ3n) is 2.48. The molecule has 0 radical (unpaired) electrons. The van der Waals surface area contributed by atoms with Crippen LogP contribution in [0.15, 0.2) is 34.7 Å². The van der Waals surface area contributed by atoms with E-state index in [9.17, 15) is 8.78 Å². The van der Waals surface area contributed by atoms with Crippen LogP contribution in [-0.4, -0.2) is 13.7 Å². The van der Waals surface area contributed by atoms with Gasteiger partial charge in [-0.2, -0.15) is 8.78 Å². The lowest BCUT2D eigenvalue weighted by Crippen LogP contribution is -2.06. The minimum Gasteiger partial charge on any atom is -0.497 e. The standard InChI is InChI=1S/C13H12F2INO3/c1-18-8-2-4-11(20-13(14)15)10(6-8)17-7-9-3-5-12(16)19-9/h2-6,13,17H,7H2,1H3. The summed E-state index contributed by atoms with van der Waals surface area (Å²) in [7, 11) is 1.50. The molecule has 0 saturated heterocycles. The van der Waals surface area contributed by atoms with Gasteiger partial charge in [-0.05, 0) is 46.9 Å². The smallest absolute Gasteiger partial charge is 0.387 e.